The van der Waals surface area contributed by atoms with Crippen molar-refractivity contribution in [2.75, 3.05) is 25.1 Å². The number of fused-ring (bicyclic) bond motifs is 1. The Morgan fingerprint density at radius 2 is 1.82 bits per heavy atom. The van der Waals surface area contributed by atoms with Gasteiger partial charge in [-0.3, -0.25) is 19.3 Å². The number of rotatable bonds is 11. The molecule has 0 spiro atoms. The summed E-state index contributed by atoms with van der Waals surface area (Å²) in [5.74, 6) is -0.527. The zero-order valence-electron chi connectivity index (χ0n) is 24.9. The largest absolute Gasteiger partial charge is 0.490 e. The second kappa shape index (κ2) is 14.1. The van der Waals surface area contributed by atoms with Crippen molar-refractivity contribution in [3.05, 3.63) is 80.1 Å². The van der Waals surface area contributed by atoms with Crippen LogP contribution >= 0.6 is 23.1 Å². The maximum atomic E-state index is 13.2. The molecule has 11 heteroatoms. The summed E-state index contributed by atoms with van der Waals surface area (Å²) in [5.41, 5.74) is 4.12. The number of nitrogens with one attached hydrogen (secondary N) is 1. The number of benzene rings is 2. The smallest absolute Gasteiger partial charge is 0.341 e. The highest BCUT2D eigenvalue weighted by Gasteiger charge is 2.37. The van der Waals surface area contributed by atoms with Gasteiger partial charge in [-0.05, 0) is 93.1 Å². The monoisotopic (exact) mass is 634 g/mol. The second-order valence-electron chi connectivity index (χ2n) is 10.4. The Morgan fingerprint density at radius 3 is 2.59 bits per heavy atom. The third kappa shape index (κ3) is 7.16. The lowest BCUT2D eigenvalue weighted by Gasteiger charge is -2.14. The molecule has 1 aliphatic heterocycles. The van der Waals surface area contributed by atoms with Crippen molar-refractivity contribution in [2.24, 2.45) is 0 Å². The first-order valence-corrected chi connectivity index (χ1v) is 16.2. The number of thiophene rings is 1. The van der Waals surface area contributed by atoms with Gasteiger partial charge in [-0.2, -0.15) is 0 Å². The zero-order valence-corrected chi connectivity index (χ0v) is 26.5. The Bertz CT molecular complexity index is 1630. The number of imide groups is 1. The van der Waals surface area contributed by atoms with Gasteiger partial charge in [0.2, 0.25) is 5.91 Å². The van der Waals surface area contributed by atoms with E-state index in [2.05, 4.69) is 11.4 Å². The van der Waals surface area contributed by atoms with Gasteiger partial charge in [-0.1, -0.05) is 35.9 Å². The maximum Gasteiger partial charge on any atom is 0.341 e. The molecule has 2 aromatic carbocycles. The Hall–Kier alpha value is -4.09. The number of hydrogen-bond donors (Lipinski definition) is 1. The molecule has 9 nitrogen and oxygen atoms in total. The lowest BCUT2D eigenvalue weighted by molar-refractivity contribution is -0.127. The number of amides is 3. The summed E-state index contributed by atoms with van der Waals surface area (Å²) < 4.78 is 17.1. The highest BCUT2D eigenvalue weighted by Crippen LogP contribution is 2.39. The number of hydrogen-bond acceptors (Lipinski definition) is 9. The number of ether oxygens (including phenoxy) is 3. The molecular weight excluding hydrogens is 601 g/mol. The lowest BCUT2D eigenvalue weighted by atomic mass is 9.95. The van der Waals surface area contributed by atoms with Gasteiger partial charge in [-0.25, -0.2) is 4.79 Å². The number of anilines is 1. The summed E-state index contributed by atoms with van der Waals surface area (Å²) in [6.07, 6.45) is 5.15. The number of aryl methyl sites for hydroxylation is 2. The predicted molar refractivity (Wildman–Crippen MR) is 171 cm³/mol. The number of esters is 1. The van der Waals surface area contributed by atoms with Gasteiger partial charge in [0.15, 0.2) is 11.5 Å². The van der Waals surface area contributed by atoms with Crippen LogP contribution in [0.5, 0.6) is 11.5 Å². The van der Waals surface area contributed by atoms with Crippen LogP contribution in [0.1, 0.15) is 64.2 Å². The van der Waals surface area contributed by atoms with E-state index in [0.717, 1.165) is 63.9 Å². The molecule has 3 aromatic rings. The third-order valence-corrected chi connectivity index (χ3v) is 9.24. The lowest BCUT2D eigenvalue weighted by Crippen LogP contribution is -2.36. The van der Waals surface area contributed by atoms with Crippen LogP contribution in [-0.4, -0.2) is 47.7 Å². The van der Waals surface area contributed by atoms with Crippen molar-refractivity contribution in [2.45, 2.75) is 53.1 Å². The molecule has 2 aliphatic rings. The van der Waals surface area contributed by atoms with Crippen molar-refractivity contribution in [3.8, 4) is 11.5 Å². The Labute approximate surface area is 264 Å². The van der Waals surface area contributed by atoms with Gasteiger partial charge in [0, 0.05) is 4.88 Å². The first-order valence-electron chi connectivity index (χ1n) is 14.6. The van der Waals surface area contributed by atoms with Gasteiger partial charge >= 0.3 is 5.97 Å². The van der Waals surface area contributed by atoms with Gasteiger partial charge in [0.1, 0.15) is 18.2 Å². The number of carbonyl (C=O) groups is 4. The fourth-order valence-electron chi connectivity index (χ4n) is 5.14. The predicted octanol–water partition coefficient (Wildman–Crippen LogP) is 6.76. The van der Waals surface area contributed by atoms with E-state index >= 15 is 0 Å². The molecule has 2 heterocycles. The fourth-order valence-corrected chi connectivity index (χ4v) is 7.27. The molecule has 1 saturated heterocycles. The minimum Gasteiger partial charge on any atom is -0.490 e. The fraction of sp³-hybridized carbons (Fsp3) is 0.333. The molecule has 5 rings (SSSR count). The first-order chi connectivity index (χ1) is 21.3. The van der Waals surface area contributed by atoms with Crippen molar-refractivity contribution >= 4 is 57.2 Å². The van der Waals surface area contributed by atoms with Crippen LogP contribution < -0.4 is 14.8 Å². The van der Waals surface area contributed by atoms with Crippen LogP contribution in [0.15, 0.2) is 47.4 Å². The van der Waals surface area contributed by atoms with E-state index in [0.29, 0.717) is 40.8 Å². The first kappa shape index (κ1) is 31.3. The van der Waals surface area contributed by atoms with Crippen LogP contribution in [0.3, 0.4) is 0 Å². The topological polar surface area (TPSA) is 111 Å². The SMILES string of the molecule is CCOC(=O)c1c(NC(=O)CN2C(=O)S/C(=C/c3ccc(OCc4cccc(C)c4)c(OCC)c3)C2=O)sc2c1CCCC2. The number of carbonyl (C=O) groups excluding carboxylic acids is 4. The molecule has 1 aromatic heterocycles. The van der Waals surface area contributed by atoms with E-state index in [1.54, 1.807) is 31.2 Å². The summed E-state index contributed by atoms with van der Waals surface area (Å²) in [6.45, 7) is 6.16. The summed E-state index contributed by atoms with van der Waals surface area (Å²) in [6, 6.07) is 13.4. The Kier molecular flexibility index (Phi) is 10.1. The van der Waals surface area contributed by atoms with Crippen molar-refractivity contribution in [1.29, 1.82) is 0 Å². The minimum atomic E-state index is -0.566. The molecule has 1 fully saturated rings. The quantitative estimate of drug-likeness (QED) is 0.182. The van der Waals surface area contributed by atoms with Crippen LogP contribution in [0.25, 0.3) is 6.08 Å². The van der Waals surface area contributed by atoms with E-state index in [4.69, 9.17) is 14.2 Å². The molecule has 0 atom stereocenters. The van der Waals surface area contributed by atoms with Gasteiger partial charge in [-0.15, -0.1) is 11.3 Å². The summed E-state index contributed by atoms with van der Waals surface area (Å²) in [5, 5.41) is 2.62. The minimum absolute atomic E-state index is 0.192. The van der Waals surface area contributed by atoms with Gasteiger partial charge < -0.3 is 19.5 Å². The summed E-state index contributed by atoms with van der Waals surface area (Å²) in [4.78, 5) is 53.9. The normalized spacial score (nSPS) is 15.3. The van der Waals surface area contributed by atoms with Crippen LogP contribution in [0.2, 0.25) is 0 Å². The molecule has 0 radical (unpaired) electrons. The number of nitrogens with zero attached hydrogens (tertiary/aromatic N) is 1. The molecular formula is C33H34N2O7S2. The Morgan fingerprint density at radius 1 is 1.00 bits per heavy atom. The molecule has 44 heavy (non-hydrogen) atoms. The summed E-state index contributed by atoms with van der Waals surface area (Å²) in [7, 11) is 0. The third-order valence-electron chi connectivity index (χ3n) is 7.12. The highest BCUT2D eigenvalue weighted by molar-refractivity contribution is 8.18. The second-order valence-corrected chi connectivity index (χ2v) is 12.5. The average Bonchev–Trinajstić information content (AvgIpc) is 3.48. The zero-order chi connectivity index (χ0) is 31.2. The molecule has 1 aliphatic carbocycles. The van der Waals surface area contributed by atoms with E-state index in [1.165, 1.54) is 11.3 Å². The molecule has 0 bridgehead atoms. The number of thioether (sulfide) groups is 1. The van der Waals surface area contributed by atoms with Crippen molar-refractivity contribution in [1.82, 2.24) is 4.90 Å². The van der Waals surface area contributed by atoms with E-state index in [9.17, 15) is 19.2 Å². The molecule has 1 N–H and O–H groups in total. The van der Waals surface area contributed by atoms with Crippen LogP contribution in [0.4, 0.5) is 9.80 Å². The van der Waals surface area contributed by atoms with E-state index in [-0.39, 0.29) is 11.5 Å². The van der Waals surface area contributed by atoms with Crippen molar-refractivity contribution < 1.29 is 33.4 Å². The molecule has 0 unspecified atom stereocenters. The van der Waals surface area contributed by atoms with E-state index < -0.39 is 29.6 Å². The van der Waals surface area contributed by atoms with Crippen molar-refractivity contribution in [3.63, 3.8) is 0 Å². The highest BCUT2D eigenvalue weighted by atomic mass is 32.2. The standard InChI is InChI=1S/C33H34N2O7S2/c1-4-40-25-16-21(13-14-24(25)42-19-22-10-8-9-20(3)15-22)17-27-31(37)35(33(39)44-27)18-28(36)34-30-29(32(38)41-5-2)23-11-6-7-12-26(23)43-30/h8-10,13-17H,4-7,11-12,18-19H2,1-3H3,(H,34,36)/b27-17+. The van der Waals surface area contributed by atoms with Gasteiger partial charge in [0.05, 0.1) is 23.7 Å². The van der Waals surface area contributed by atoms with Crippen LogP contribution in [-0.2, 0) is 33.8 Å². The van der Waals surface area contributed by atoms with E-state index in [1.807, 2.05) is 32.0 Å². The molecule has 0 saturated carbocycles. The molecule has 3 amide bonds. The van der Waals surface area contributed by atoms with Crippen LogP contribution in [0, 0.1) is 6.92 Å². The average molecular weight is 635 g/mol. The maximum absolute atomic E-state index is 13.2. The van der Waals surface area contributed by atoms with Gasteiger partial charge in [0.25, 0.3) is 11.1 Å². The Balaban J connectivity index is 1.28. The summed E-state index contributed by atoms with van der Waals surface area (Å²) >= 11 is 2.12. The molecule has 230 valence electrons.